The number of benzene rings is 2. The van der Waals surface area contributed by atoms with E-state index in [2.05, 4.69) is 71.9 Å². The van der Waals surface area contributed by atoms with Gasteiger partial charge in [-0.15, -0.1) is 0 Å². The highest BCUT2D eigenvalue weighted by Gasteiger charge is 2.21. The van der Waals surface area contributed by atoms with Crippen LogP contribution in [0.25, 0.3) is 22.0 Å². The van der Waals surface area contributed by atoms with Crippen molar-refractivity contribution in [2.24, 2.45) is 7.05 Å². The van der Waals surface area contributed by atoms with Crippen LogP contribution >= 0.6 is 0 Å². The molecule has 2 aromatic carbocycles. The van der Waals surface area contributed by atoms with Gasteiger partial charge < -0.3 is 0 Å². The van der Waals surface area contributed by atoms with Crippen molar-refractivity contribution in [3.63, 3.8) is 0 Å². The van der Waals surface area contributed by atoms with Crippen LogP contribution in [-0.2, 0) is 7.05 Å². The molecule has 130 valence electrons. The molecule has 0 radical (unpaired) electrons. The Morgan fingerprint density at radius 1 is 0.920 bits per heavy atom. The summed E-state index contributed by atoms with van der Waals surface area (Å²) in [6, 6.07) is 13.2. The molecule has 0 atom stereocenters. The molecule has 1 heterocycles. The molecule has 0 amide bonds. The van der Waals surface area contributed by atoms with Crippen LogP contribution in [0.2, 0.25) is 0 Å². The largest absolute Gasteiger partial charge is 0.220 e. The van der Waals surface area contributed by atoms with Gasteiger partial charge in [0.2, 0.25) is 5.69 Å². The van der Waals surface area contributed by atoms with Crippen LogP contribution in [0, 0.1) is 13.8 Å². The van der Waals surface area contributed by atoms with Gasteiger partial charge in [-0.1, -0.05) is 51.5 Å². The second kappa shape index (κ2) is 6.63. The summed E-state index contributed by atoms with van der Waals surface area (Å²) in [4.78, 5) is 0. The molecular formula is C24H30N+. The molecular weight excluding hydrogens is 302 g/mol. The first-order valence-corrected chi connectivity index (χ1v) is 9.25. The summed E-state index contributed by atoms with van der Waals surface area (Å²) in [5.74, 6) is 0.953. The summed E-state index contributed by atoms with van der Waals surface area (Å²) < 4.78 is 10.5. The van der Waals surface area contributed by atoms with E-state index >= 15 is 0 Å². The quantitative estimate of drug-likeness (QED) is 0.503. The molecule has 0 saturated heterocycles. The van der Waals surface area contributed by atoms with Crippen LogP contribution in [0.5, 0.6) is 0 Å². The van der Waals surface area contributed by atoms with E-state index in [0.717, 1.165) is 11.1 Å². The standard InChI is InChI=1S/C24H30N/c1-15(2)20-13-21(16(3)4)18(6)22(14-20)24-23-12-17(5)8-9-19(23)10-11-25(24)7/h8-16H,1-7H3/q+1/i11D. The van der Waals surface area contributed by atoms with Crippen molar-refractivity contribution in [1.29, 1.82) is 0 Å². The number of aryl methyl sites for hydroxylation is 1. The van der Waals surface area contributed by atoms with Crippen molar-refractivity contribution in [3.8, 4) is 11.3 Å². The average Bonchev–Trinajstić information content (AvgIpc) is 2.57. The molecule has 0 saturated carbocycles. The zero-order chi connectivity index (χ0) is 19.2. The SMILES string of the molecule is [2H]c1cc2ccc(C)cc2c(-c2cc(C(C)C)cc(C(C)C)c2C)[n+]1C. The highest BCUT2D eigenvalue weighted by molar-refractivity contribution is 5.94. The average molecular weight is 334 g/mol. The minimum Gasteiger partial charge on any atom is -0.200 e. The van der Waals surface area contributed by atoms with Crippen LogP contribution in [0.1, 0.15) is 63.2 Å². The molecule has 3 aromatic rings. The van der Waals surface area contributed by atoms with E-state index < -0.39 is 0 Å². The van der Waals surface area contributed by atoms with Gasteiger partial charge in [-0.05, 0) is 59.9 Å². The predicted octanol–water partition coefficient (Wildman–Crippen LogP) is 6.19. The zero-order valence-corrected chi connectivity index (χ0v) is 16.6. The second-order valence-corrected chi connectivity index (χ2v) is 7.86. The first kappa shape index (κ1) is 16.3. The first-order valence-electron chi connectivity index (χ1n) is 9.75. The van der Waals surface area contributed by atoms with Crippen molar-refractivity contribution in [2.75, 3.05) is 0 Å². The van der Waals surface area contributed by atoms with E-state index in [4.69, 9.17) is 1.37 Å². The molecule has 0 bridgehead atoms. The van der Waals surface area contributed by atoms with Gasteiger partial charge in [0.1, 0.15) is 8.42 Å². The van der Waals surface area contributed by atoms with E-state index in [-0.39, 0.29) is 0 Å². The number of rotatable bonds is 3. The first-order chi connectivity index (χ1) is 12.2. The molecule has 0 unspecified atom stereocenters. The summed E-state index contributed by atoms with van der Waals surface area (Å²) in [5.41, 5.74) is 7.75. The topological polar surface area (TPSA) is 3.88 Å². The van der Waals surface area contributed by atoms with Gasteiger partial charge in [0.25, 0.3) is 0 Å². The molecule has 25 heavy (non-hydrogen) atoms. The van der Waals surface area contributed by atoms with Gasteiger partial charge in [0.05, 0.1) is 10.9 Å². The number of nitrogens with zero attached hydrogens (tertiary/aromatic N) is 1. The fourth-order valence-electron chi connectivity index (χ4n) is 3.68. The third-order valence-corrected chi connectivity index (χ3v) is 5.23. The van der Waals surface area contributed by atoms with Crippen molar-refractivity contribution >= 4 is 10.8 Å². The second-order valence-electron chi connectivity index (χ2n) is 7.86. The Bertz CT molecular complexity index is 983. The number of pyridine rings is 1. The third-order valence-electron chi connectivity index (χ3n) is 5.23. The van der Waals surface area contributed by atoms with Crippen molar-refractivity contribution in [2.45, 2.75) is 53.4 Å². The van der Waals surface area contributed by atoms with Crippen LogP contribution in [-0.4, -0.2) is 0 Å². The third kappa shape index (κ3) is 3.20. The summed E-state index contributed by atoms with van der Waals surface area (Å²) in [6.07, 6.45) is 0.539. The molecule has 0 fully saturated rings. The molecule has 0 N–H and O–H groups in total. The van der Waals surface area contributed by atoms with Crippen LogP contribution in [0.4, 0.5) is 0 Å². The molecule has 0 aliphatic heterocycles. The van der Waals surface area contributed by atoms with Gasteiger partial charge in [0, 0.05) is 6.07 Å². The van der Waals surface area contributed by atoms with Crippen molar-refractivity contribution in [3.05, 3.63) is 64.8 Å². The minimum atomic E-state index is 0.476. The van der Waals surface area contributed by atoms with Gasteiger partial charge in [-0.2, -0.15) is 0 Å². The Morgan fingerprint density at radius 3 is 2.28 bits per heavy atom. The Morgan fingerprint density at radius 2 is 1.64 bits per heavy atom. The van der Waals surface area contributed by atoms with E-state index in [1.165, 1.54) is 33.2 Å². The highest BCUT2D eigenvalue weighted by atomic mass is 14.9. The van der Waals surface area contributed by atoms with Gasteiger partial charge in [-0.3, -0.25) is 0 Å². The Kier molecular flexibility index (Phi) is 4.33. The number of hydrogen-bond acceptors (Lipinski definition) is 0. The maximum Gasteiger partial charge on any atom is 0.220 e. The zero-order valence-electron chi connectivity index (χ0n) is 17.6. The smallest absolute Gasteiger partial charge is 0.200 e. The normalized spacial score (nSPS) is 12.3. The lowest BCUT2D eigenvalue weighted by atomic mass is 9.86. The van der Waals surface area contributed by atoms with Crippen LogP contribution in [0.3, 0.4) is 0 Å². The summed E-state index contributed by atoms with van der Waals surface area (Å²) in [5, 5.41) is 2.36. The van der Waals surface area contributed by atoms with E-state index in [1.807, 2.05) is 17.7 Å². The Labute approximate surface area is 153 Å². The fraction of sp³-hybridized carbons (Fsp3) is 0.375. The summed E-state index contributed by atoms with van der Waals surface area (Å²) in [7, 11) is 2.01. The van der Waals surface area contributed by atoms with E-state index in [0.29, 0.717) is 18.0 Å². The highest BCUT2D eigenvalue weighted by Crippen LogP contribution is 2.35. The van der Waals surface area contributed by atoms with Gasteiger partial charge in [-0.25, -0.2) is 4.57 Å². The number of hydrogen-bond donors (Lipinski definition) is 0. The van der Waals surface area contributed by atoms with Crippen LogP contribution < -0.4 is 4.57 Å². The maximum atomic E-state index is 8.46. The lowest BCUT2D eigenvalue weighted by Crippen LogP contribution is -2.31. The van der Waals surface area contributed by atoms with Crippen molar-refractivity contribution in [1.82, 2.24) is 0 Å². The Balaban J connectivity index is 2.47. The molecule has 3 rings (SSSR count). The van der Waals surface area contributed by atoms with E-state index in [9.17, 15) is 0 Å². The van der Waals surface area contributed by atoms with E-state index in [1.54, 1.807) is 0 Å². The minimum absolute atomic E-state index is 0.476. The maximum absolute atomic E-state index is 8.46. The lowest BCUT2D eigenvalue weighted by Gasteiger charge is -2.18. The summed E-state index contributed by atoms with van der Waals surface area (Å²) >= 11 is 0. The fourth-order valence-corrected chi connectivity index (χ4v) is 3.68. The molecule has 0 spiro atoms. The number of fused-ring (bicyclic) bond motifs is 1. The molecule has 0 aliphatic rings. The Hall–Kier alpha value is -2.15. The van der Waals surface area contributed by atoms with Crippen LogP contribution in [0.15, 0.2) is 42.6 Å². The summed E-state index contributed by atoms with van der Waals surface area (Å²) in [6.45, 7) is 13.4. The molecule has 1 heteroatoms. The monoisotopic (exact) mass is 333 g/mol. The number of aromatic nitrogens is 1. The van der Waals surface area contributed by atoms with Gasteiger partial charge in [0.15, 0.2) is 6.17 Å². The van der Waals surface area contributed by atoms with Gasteiger partial charge >= 0.3 is 0 Å². The lowest BCUT2D eigenvalue weighted by molar-refractivity contribution is -0.659. The van der Waals surface area contributed by atoms with Crippen molar-refractivity contribution < 1.29 is 5.94 Å². The molecule has 0 aliphatic carbocycles. The molecule has 1 aromatic heterocycles. The predicted molar refractivity (Wildman–Crippen MR) is 108 cm³/mol. The molecule has 1 nitrogen and oxygen atoms in total.